The number of hydrogen-bond donors (Lipinski definition) is 1. The lowest BCUT2D eigenvalue weighted by Crippen LogP contribution is -2.41. The Labute approximate surface area is 165 Å². The topological polar surface area (TPSA) is 55.4 Å². The zero-order chi connectivity index (χ0) is 19.9. The summed E-state index contributed by atoms with van der Waals surface area (Å²) in [5, 5.41) is 4.71. The van der Waals surface area contributed by atoms with Crippen LogP contribution in [0.5, 0.6) is 0 Å². The molecule has 0 radical (unpaired) electrons. The van der Waals surface area contributed by atoms with Crippen LogP contribution in [0.2, 0.25) is 0 Å². The highest BCUT2D eigenvalue weighted by Gasteiger charge is 2.21. The van der Waals surface area contributed by atoms with Crippen molar-refractivity contribution in [3.8, 4) is 0 Å². The maximum absolute atomic E-state index is 12.6. The number of carbonyl (C=O) groups excluding carboxylic acids is 2. The minimum absolute atomic E-state index is 0.00795. The first-order valence-electron chi connectivity index (χ1n) is 9.57. The number of ether oxygens (including phenoxy) is 1. The van der Waals surface area contributed by atoms with Crippen LogP contribution < -0.4 is 5.32 Å². The molecular weight excluding hydrogens is 350 g/mol. The molecule has 0 heterocycles. The molecule has 3 aromatic rings. The van der Waals surface area contributed by atoms with E-state index in [0.29, 0.717) is 5.56 Å². The highest BCUT2D eigenvalue weighted by Crippen LogP contribution is 2.19. The Hall–Kier alpha value is -3.14. The monoisotopic (exact) mass is 375 g/mol. The van der Waals surface area contributed by atoms with Crippen molar-refractivity contribution in [2.45, 2.75) is 38.8 Å². The Morgan fingerprint density at radius 2 is 1.57 bits per heavy atom. The predicted molar refractivity (Wildman–Crippen MR) is 111 cm³/mol. The third kappa shape index (κ3) is 4.97. The zero-order valence-corrected chi connectivity index (χ0v) is 16.2. The molecule has 3 rings (SSSR count). The number of carbonyl (C=O) groups is 2. The van der Waals surface area contributed by atoms with E-state index in [2.05, 4.69) is 17.4 Å². The predicted octanol–water partition coefficient (Wildman–Crippen LogP) is 4.52. The van der Waals surface area contributed by atoms with Crippen LogP contribution in [0.25, 0.3) is 10.8 Å². The van der Waals surface area contributed by atoms with E-state index in [4.69, 9.17) is 4.74 Å². The zero-order valence-electron chi connectivity index (χ0n) is 16.2. The number of fused-ring (bicyclic) bond motifs is 1. The van der Waals surface area contributed by atoms with Crippen molar-refractivity contribution in [2.24, 2.45) is 0 Å². The summed E-state index contributed by atoms with van der Waals surface area (Å²) in [6.45, 7) is 3.56. The second-order valence-corrected chi connectivity index (χ2v) is 7.01. The lowest BCUT2D eigenvalue weighted by molar-refractivity contribution is -0.129. The SMILES string of the molecule is C[C@H](OC(=O)c1cccc2ccccc12)C(=O)N[C@@H](C)CCc1ccccc1. The number of esters is 1. The minimum atomic E-state index is -0.856. The van der Waals surface area contributed by atoms with Crippen LogP contribution in [0.3, 0.4) is 0 Å². The molecule has 0 spiro atoms. The molecular formula is C24H25NO3. The molecule has 1 N–H and O–H groups in total. The average Bonchev–Trinajstić information content (AvgIpc) is 2.72. The van der Waals surface area contributed by atoms with Crippen LogP contribution in [0.4, 0.5) is 0 Å². The summed E-state index contributed by atoms with van der Waals surface area (Å²) < 4.78 is 5.42. The molecule has 144 valence electrons. The molecule has 3 aromatic carbocycles. The average molecular weight is 375 g/mol. The summed E-state index contributed by atoms with van der Waals surface area (Å²) in [5.41, 5.74) is 1.70. The first-order chi connectivity index (χ1) is 13.5. The fourth-order valence-corrected chi connectivity index (χ4v) is 3.14. The number of rotatable bonds is 7. The smallest absolute Gasteiger partial charge is 0.339 e. The number of aryl methyl sites for hydroxylation is 1. The van der Waals surface area contributed by atoms with E-state index in [0.717, 1.165) is 23.6 Å². The molecule has 0 aliphatic rings. The third-order valence-corrected chi connectivity index (χ3v) is 4.76. The van der Waals surface area contributed by atoms with Gasteiger partial charge in [-0.1, -0.05) is 66.7 Å². The van der Waals surface area contributed by atoms with Gasteiger partial charge < -0.3 is 10.1 Å². The highest BCUT2D eigenvalue weighted by molar-refractivity contribution is 6.05. The van der Waals surface area contributed by atoms with E-state index in [1.165, 1.54) is 5.56 Å². The molecule has 0 aliphatic heterocycles. The lowest BCUT2D eigenvalue weighted by atomic mass is 10.0. The van der Waals surface area contributed by atoms with E-state index in [-0.39, 0.29) is 11.9 Å². The maximum atomic E-state index is 12.6. The van der Waals surface area contributed by atoms with Crippen LogP contribution >= 0.6 is 0 Å². The van der Waals surface area contributed by atoms with E-state index in [9.17, 15) is 9.59 Å². The van der Waals surface area contributed by atoms with E-state index in [1.54, 1.807) is 13.0 Å². The molecule has 0 aromatic heterocycles. The highest BCUT2D eigenvalue weighted by atomic mass is 16.5. The summed E-state index contributed by atoms with van der Waals surface area (Å²) in [6, 6.07) is 23.2. The van der Waals surface area contributed by atoms with Crippen LogP contribution in [0.1, 0.15) is 36.2 Å². The fourth-order valence-electron chi connectivity index (χ4n) is 3.14. The first kappa shape index (κ1) is 19.6. The fraction of sp³-hybridized carbons (Fsp3) is 0.250. The van der Waals surface area contributed by atoms with Gasteiger partial charge in [-0.15, -0.1) is 0 Å². The van der Waals surface area contributed by atoms with Gasteiger partial charge in [-0.05, 0) is 49.1 Å². The Balaban J connectivity index is 1.55. The van der Waals surface area contributed by atoms with Crippen molar-refractivity contribution < 1.29 is 14.3 Å². The normalized spacial score (nSPS) is 12.9. The Bertz CT molecular complexity index is 947. The molecule has 0 unspecified atom stereocenters. The van der Waals surface area contributed by atoms with E-state index < -0.39 is 12.1 Å². The van der Waals surface area contributed by atoms with Crippen molar-refractivity contribution in [2.75, 3.05) is 0 Å². The standard InChI is InChI=1S/C24H25NO3/c1-17(15-16-19-9-4-3-5-10-19)25-23(26)18(2)28-24(27)22-14-8-12-20-11-6-7-13-21(20)22/h3-14,17-18H,15-16H2,1-2H3,(H,25,26)/t17-,18-/m0/s1. The molecule has 1 amide bonds. The molecule has 0 saturated carbocycles. The van der Waals surface area contributed by atoms with Gasteiger partial charge in [0.25, 0.3) is 5.91 Å². The Morgan fingerprint density at radius 1 is 0.893 bits per heavy atom. The van der Waals surface area contributed by atoms with Crippen LogP contribution in [-0.2, 0) is 16.0 Å². The van der Waals surface area contributed by atoms with Gasteiger partial charge in [-0.3, -0.25) is 4.79 Å². The summed E-state index contributed by atoms with van der Waals surface area (Å²) in [5.74, 6) is -0.773. The van der Waals surface area contributed by atoms with Crippen molar-refractivity contribution in [1.82, 2.24) is 5.32 Å². The van der Waals surface area contributed by atoms with E-state index >= 15 is 0 Å². The second kappa shape index (κ2) is 9.18. The van der Waals surface area contributed by atoms with Gasteiger partial charge in [0.05, 0.1) is 5.56 Å². The van der Waals surface area contributed by atoms with Gasteiger partial charge >= 0.3 is 5.97 Å². The van der Waals surface area contributed by atoms with Crippen LogP contribution in [-0.4, -0.2) is 24.0 Å². The number of hydrogen-bond acceptors (Lipinski definition) is 3. The van der Waals surface area contributed by atoms with Crippen molar-refractivity contribution in [1.29, 1.82) is 0 Å². The summed E-state index contributed by atoms with van der Waals surface area (Å²) in [7, 11) is 0. The summed E-state index contributed by atoms with van der Waals surface area (Å²) in [6.07, 6.45) is 0.845. The summed E-state index contributed by atoms with van der Waals surface area (Å²) >= 11 is 0. The van der Waals surface area contributed by atoms with Gasteiger partial charge in [0, 0.05) is 6.04 Å². The molecule has 2 atom stereocenters. The third-order valence-electron chi connectivity index (χ3n) is 4.76. The Kier molecular flexibility index (Phi) is 6.43. The van der Waals surface area contributed by atoms with E-state index in [1.807, 2.05) is 61.5 Å². The van der Waals surface area contributed by atoms with Crippen LogP contribution in [0, 0.1) is 0 Å². The summed E-state index contributed by atoms with van der Waals surface area (Å²) in [4.78, 5) is 25.0. The number of benzene rings is 3. The van der Waals surface area contributed by atoms with Gasteiger partial charge in [-0.2, -0.15) is 0 Å². The van der Waals surface area contributed by atoms with Crippen molar-refractivity contribution >= 4 is 22.6 Å². The Morgan fingerprint density at radius 3 is 2.36 bits per heavy atom. The maximum Gasteiger partial charge on any atom is 0.339 e. The second-order valence-electron chi connectivity index (χ2n) is 7.01. The van der Waals surface area contributed by atoms with Gasteiger partial charge in [0.15, 0.2) is 6.10 Å². The minimum Gasteiger partial charge on any atom is -0.449 e. The molecule has 0 fully saturated rings. The van der Waals surface area contributed by atoms with Crippen molar-refractivity contribution in [3.05, 3.63) is 83.9 Å². The van der Waals surface area contributed by atoms with Gasteiger partial charge in [0.1, 0.15) is 0 Å². The largest absolute Gasteiger partial charge is 0.449 e. The molecule has 28 heavy (non-hydrogen) atoms. The molecule has 0 saturated heterocycles. The van der Waals surface area contributed by atoms with Gasteiger partial charge in [-0.25, -0.2) is 4.79 Å². The first-order valence-corrected chi connectivity index (χ1v) is 9.57. The quantitative estimate of drug-likeness (QED) is 0.618. The molecule has 0 aliphatic carbocycles. The molecule has 4 nitrogen and oxygen atoms in total. The number of amides is 1. The lowest BCUT2D eigenvalue weighted by Gasteiger charge is -2.18. The number of nitrogens with one attached hydrogen (secondary N) is 1. The molecule has 4 heteroatoms. The van der Waals surface area contributed by atoms with Crippen molar-refractivity contribution in [3.63, 3.8) is 0 Å². The van der Waals surface area contributed by atoms with Gasteiger partial charge in [0.2, 0.25) is 0 Å². The molecule has 0 bridgehead atoms. The van der Waals surface area contributed by atoms with Crippen LogP contribution in [0.15, 0.2) is 72.8 Å².